The van der Waals surface area contributed by atoms with Crippen LogP contribution in [0.5, 0.6) is 0 Å². The molecule has 6 heteroatoms. The van der Waals surface area contributed by atoms with Gasteiger partial charge in [-0.1, -0.05) is 6.07 Å². The molecule has 0 radical (unpaired) electrons. The molecule has 0 atom stereocenters. The maximum atomic E-state index is 11.7. The molecule has 0 aromatic heterocycles. The van der Waals surface area contributed by atoms with E-state index in [1.165, 1.54) is 31.2 Å². The Morgan fingerprint density at radius 1 is 1.47 bits per heavy atom. The van der Waals surface area contributed by atoms with Crippen LogP contribution in [0.25, 0.3) is 10.9 Å². The van der Waals surface area contributed by atoms with Gasteiger partial charge in [0.05, 0.1) is 23.1 Å². The summed E-state index contributed by atoms with van der Waals surface area (Å²) in [7, 11) is -3.56. The largest absolute Gasteiger partial charge is 0.308 e. The Labute approximate surface area is 111 Å². The zero-order valence-electron chi connectivity index (χ0n) is 10.3. The maximum absolute atomic E-state index is 11.7. The summed E-state index contributed by atoms with van der Waals surface area (Å²) in [5, 5.41) is 8.77. The molecule has 0 aliphatic rings. The number of ketones is 1. The van der Waals surface area contributed by atoms with E-state index >= 15 is 0 Å². The SMILES string of the molecule is [C-]#[N+]C(=Cc1ccc(C#N)cc1S(C)(=O)=O)C(C)=O. The normalized spacial score (nSPS) is 11.5. The standard InChI is InChI=1S/C13H10N2O3S/c1-9(16)12(15-2)7-11-5-4-10(8-14)6-13(11)19(3,17)18/h4-7H,1,3H3. The van der Waals surface area contributed by atoms with Crippen LogP contribution in [-0.4, -0.2) is 20.5 Å². The maximum Gasteiger partial charge on any atom is 0.229 e. The minimum Gasteiger partial charge on any atom is -0.308 e. The summed E-state index contributed by atoms with van der Waals surface area (Å²) in [5.74, 6) is -0.446. The topological polar surface area (TPSA) is 79.4 Å². The van der Waals surface area contributed by atoms with Crippen LogP contribution < -0.4 is 0 Å². The average Bonchev–Trinajstić information content (AvgIpc) is 2.34. The lowest BCUT2D eigenvalue weighted by Gasteiger charge is -2.05. The number of carbonyl (C=O) groups is 1. The Balaban J connectivity index is 3.59. The molecule has 96 valence electrons. The summed E-state index contributed by atoms with van der Waals surface area (Å²) in [6.45, 7) is 8.11. The van der Waals surface area contributed by atoms with Crippen LogP contribution in [0.3, 0.4) is 0 Å². The third-order valence-corrected chi connectivity index (χ3v) is 3.47. The second-order valence-corrected chi connectivity index (χ2v) is 5.82. The van der Waals surface area contributed by atoms with Crippen molar-refractivity contribution in [3.05, 3.63) is 46.4 Å². The van der Waals surface area contributed by atoms with Gasteiger partial charge in [-0.25, -0.2) is 13.3 Å². The van der Waals surface area contributed by atoms with Crippen molar-refractivity contribution in [3.63, 3.8) is 0 Å². The lowest BCUT2D eigenvalue weighted by molar-refractivity contribution is -0.113. The van der Waals surface area contributed by atoms with Crippen molar-refractivity contribution in [3.8, 4) is 6.07 Å². The van der Waals surface area contributed by atoms with E-state index in [-0.39, 0.29) is 21.7 Å². The van der Waals surface area contributed by atoms with E-state index in [1.807, 2.05) is 6.07 Å². The third-order valence-electron chi connectivity index (χ3n) is 2.32. The molecular formula is C13H10N2O3S. The molecule has 0 aliphatic heterocycles. The summed E-state index contributed by atoms with van der Waals surface area (Å²) in [5.41, 5.74) is 0.266. The predicted octanol–water partition coefficient (Wildman–Crippen LogP) is 1.81. The van der Waals surface area contributed by atoms with Gasteiger partial charge >= 0.3 is 0 Å². The summed E-state index contributed by atoms with van der Waals surface area (Å²) in [6.07, 6.45) is 2.22. The lowest BCUT2D eigenvalue weighted by Crippen LogP contribution is -2.01. The second kappa shape index (κ2) is 5.47. The van der Waals surface area contributed by atoms with Crippen LogP contribution in [0.2, 0.25) is 0 Å². The zero-order chi connectivity index (χ0) is 14.6. The van der Waals surface area contributed by atoms with Crippen molar-refractivity contribution in [2.24, 2.45) is 0 Å². The molecule has 0 amide bonds. The second-order valence-electron chi connectivity index (χ2n) is 3.83. The molecule has 19 heavy (non-hydrogen) atoms. The van der Waals surface area contributed by atoms with Crippen LogP contribution >= 0.6 is 0 Å². The first-order chi connectivity index (χ1) is 8.79. The number of nitriles is 1. The molecule has 0 saturated carbocycles. The van der Waals surface area contributed by atoms with E-state index in [0.29, 0.717) is 0 Å². The van der Waals surface area contributed by atoms with E-state index < -0.39 is 15.6 Å². The summed E-state index contributed by atoms with van der Waals surface area (Å²) >= 11 is 0. The number of sulfone groups is 1. The summed E-state index contributed by atoms with van der Waals surface area (Å²) in [6, 6.07) is 5.91. The van der Waals surface area contributed by atoms with E-state index in [4.69, 9.17) is 11.8 Å². The van der Waals surface area contributed by atoms with Crippen LogP contribution in [0.1, 0.15) is 18.1 Å². The van der Waals surface area contributed by atoms with Gasteiger partial charge in [-0.05, 0) is 30.7 Å². The molecule has 1 aromatic carbocycles. The van der Waals surface area contributed by atoms with Gasteiger partial charge in [-0.2, -0.15) is 5.26 Å². The fourth-order valence-electron chi connectivity index (χ4n) is 1.40. The number of hydrogen-bond donors (Lipinski definition) is 0. The van der Waals surface area contributed by atoms with E-state index in [9.17, 15) is 13.2 Å². The van der Waals surface area contributed by atoms with Crippen LogP contribution in [0, 0.1) is 17.9 Å². The number of allylic oxidation sites excluding steroid dienone is 1. The minimum atomic E-state index is -3.56. The van der Waals surface area contributed by atoms with Crippen molar-refractivity contribution < 1.29 is 13.2 Å². The molecule has 0 heterocycles. The quantitative estimate of drug-likeness (QED) is 0.622. The number of nitrogens with zero attached hydrogens (tertiary/aromatic N) is 2. The molecule has 0 N–H and O–H groups in total. The van der Waals surface area contributed by atoms with Crippen molar-refractivity contribution in [2.75, 3.05) is 6.26 Å². The Bertz CT molecular complexity index is 747. The van der Waals surface area contributed by atoms with Crippen LogP contribution in [0.15, 0.2) is 28.8 Å². The molecule has 0 unspecified atom stereocenters. The fraction of sp³-hybridized carbons (Fsp3) is 0.154. The first kappa shape index (κ1) is 14.6. The Morgan fingerprint density at radius 2 is 2.11 bits per heavy atom. The average molecular weight is 274 g/mol. The predicted molar refractivity (Wildman–Crippen MR) is 69.5 cm³/mol. The van der Waals surface area contributed by atoms with Gasteiger partial charge in [0.25, 0.3) is 0 Å². The Kier molecular flexibility index (Phi) is 4.21. The summed E-state index contributed by atoms with van der Waals surface area (Å²) in [4.78, 5) is 14.2. The molecule has 0 aliphatic carbocycles. The molecule has 0 saturated heterocycles. The number of rotatable bonds is 3. The minimum absolute atomic E-state index is 0.0750. The highest BCUT2D eigenvalue weighted by atomic mass is 32.2. The lowest BCUT2D eigenvalue weighted by atomic mass is 10.1. The fourth-order valence-corrected chi connectivity index (χ4v) is 2.30. The molecule has 0 fully saturated rings. The van der Waals surface area contributed by atoms with E-state index in [2.05, 4.69) is 4.85 Å². The van der Waals surface area contributed by atoms with Gasteiger partial charge in [0.15, 0.2) is 15.6 Å². The summed E-state index contributed by atoms with van der Waals surface area (Å²) < 4.78 is 23.3. The van der Waals surface area contributed by atoms with Gasteiger partial charge in [-0.3, -0.25) is 0 Å². The van der Waals surface area contributed by atoms with Gasteiger partial charge in [0.2, 0.25) is 5.70 Å². The highest BCUT2D eigenvalue weighted by Crippen LogP contribution is 2.21. The van der Waals surface area contributed by atoms with Gasteiger partial charge < -0.3 is 4.79 Å². The monoisotopic (exact) mass is 274 g/mol. The number of carbonyl (C=O) groups excluding carboxylic acids is 1. The van der Waals surface area contributed by atoms with E-state index in [0.717, 1.165) is 6.26 Å². The molecule has 1 rings (SSSR count). The zero-order valence-corrected chi connectivity index (χ0v) is 11.2. The number of benzene rings is 1. The molecular weight excluding hydrogens is 264 g/mol. The van der Waals surface area contributed by atoms with Gasteiger partial charge in [-0.15, -0.1) is 0 Å². The Morgan fingerprint density at radius 3 is 2.53 bits per heavy atom. The van der Waals surface area contributed by atoms with Crippen molar-refractivity contribution >= 4 is 21.7 Å². The molecule has 0 spiro atoms. The smallest absolute Gasteiger partial charge is 0.229 e. The molecule has 1 aromatic rings. The van der Waals surface area contributed by atoms with Crippen LogP contribution in [0.4, 0.5) is 0 Å². The van der Waals surface area contributed by atoms with E-state index in [1.54, 1.807) is 0 Å². The van der Waals surface area contributed by atoms with Gasteiger partial charge in [0.1, 0.15) is 0 Å². The van der Waals surface area contributed by atoms with Crippen molar-refractivity contribution in [1.29, 1.82) is 5.26 Å². The first-order valence-corrected chi connectivity index (χ1v) is 7.03. The van der Waals surface area contributed by atoms with Crippen molar-refractivity contribution in [1.82, 2.24) is 0 Å². The highest BCUT2D eigenvalue weighted by molar-refractivity contribution is 7.90. The molecule has 5 nitrogen and oxygen atoms in total. The highest BCUT2D eigenvalue weighted by Gasteiger charge is 2.14. The number of Topliss-reactive ketones (excluding diaryl/α,β-unsaturated/α-hetero) is 1. The first-order valence-electron chi connectivity index (χ1n) is 5.14. The van der Waals surface area contributed by atoms with Gasteiger partial charge in [0, 0.05) is 6.26 Å². The number of hydrogen-bond acceptors (Lipinski definition) is 4. The third kappa shape index (κ3) is 3.51. The van der Waals surface area contributed by atoms with Crippen molar-refractivity contribution in [2.45, 2.75) is 11.8 Å². The van der Waals surface area contributed by atoms with Crippen LogP contribution in [-0.2, 0) is 14.6 Å². The molecule has 0 bridgehead atoms. The Hall–Kier alpha value is -2.44.